The summed E-state index contributed by atoms with van der Waals surface area (Å²) in [7, 11) is 0. The zero-order valence-corrected chi connectivity index (χ0v) is 11.7. The van der Waals surface area contributed by atoms with Crippen molar-refractivity contribution >= 4 is 11.3 Å². The van der Waals surface area contributed by atoms with E-state index in [0.29, 0.717) is 6.04 Å². The lowest BCUT2D eigenvalue weighted by Gasteiger charge is -2.18. The zero-order valence-electron chi connectivity index (χ0n) is 10.9. The summed E-state index contributed by atoms with van der Waals surface area (Å²) >= 11 is 1.86. The topological polar surface area (TPSA) is 12.0 Å². The van der Waals surface area contributed by atoms with E-state index >= 15 is 0 Å². The van der Waals surface area contributed by atoms with Crippen LogP contribution in [0.4, 0.5) is 0 Å². The highest BCUT2D eigenvalue weighted by Crippen LogP contribution is 2.26. The van der Waals surface area contributed by atoms with Crippen LogP contribution in [0.25, 0.3) is 0 Å². The molecule has 16 heavy (non-hydrogen) atoms. The molecule has 1 N–H and O–H groups in total. The van der Waals surface area contributed by atoms with Crippen molar-refractivity contribution in [3.63, 3.8) is 0 Å². The van der Waals surface area contributed by atoms with Crippen LogP contribution in [-0.4, -0.2) is 6.54 Å². The van der Waals surface area contributed by atoms with Crippen LogP contribution in [0.3, 0.4) is 0 Å². The first-order valence-corrected chi connectivity index (χ1v) is 7.44. The van der Waals surface area contributed by atoms with Crippen molar-refractivity contribution in [3.8, 4) is 0 Å². The number of thiophene rings is 1. The summed E-state index contributed by atoms with van der Waals surface area (Å²) in [5, 5.41) is 5.82. The van der Waals surface area contributed by atoms with Crippen molar-refractivity contribution in [2.24, 2.45) is 0 Å². The molecule has 1 heterocycles. The van der Waals surface area contributed by atoms with E-state index in [0.717, 1.165) is 6.54 Å². The van der Waals surface area contributed by atoms with Crippen LogP contribution < -0.4 is 5.32 Å². The average Bonchev–Trinajstić information content (AvgIpc) is 2.69. The lowest BCUT2D eigenvalue weighted by atomic mass is 10.0. The first-order valence-electron chi connectivity index (χ1n) is 6.57. The summed E-state index contributed by atoms with van der Waals surface area (Å²) in [6.07, 6.45) is 6.71. The molecule has 0 radical (unpaired) electrons. The fraction of sp³-hybridized carbons (Fsp3) is 0.714. The lowest BCUT2D eigenvalue weighted by molar-refractivity contribution is 0.481. The lowest BCUT2D eigenvalue weighted by Crippen LogP contribution is -2.20. The fourth-order valence-electron chi connectivity index (χ4n) is 2.15. The smallest absolute Gasteiger partial charge is 0.0331 e. The molecule has 1 rings (SSSR count). The highest BCUT2D eigenvalue weighted by atomic mass is 32.1. The van der Waals surface area contributed by atoms with Gasteiger partial charge in [0.05, 0.1) is 0 Å². The van der Waals surface area contributed by atoms with E-state index in [1.54, 1.807) is 0 Å². The van der Waals surface area contributed by atoms with Crippen LogP contribution in [0.2, 0.25) is 0 Å². The summed E-state index contributed by atoms with van der Waals surface area (Å²) in [5.41, 5.74) is 1.52. The molecule has 0 fully saturated rings. The molecule has 1 unspecified atom stereocenters. The Morgan fingerprint density at radius 3 is 2.62 bits per heavy atom. The van der Waals surface area contributed by atoms with E-state index in [1.807, 2.05) is 11.3 Å². The zero-order chi connectivity index (χ0) is 11.8. The highest BCUT2D eigenvalue weighted by molar-refractivity contribution is 7.10. The van der Waals surface area contributed by atoms with E-state index in [2.05, 4.69) is 37.5 Å². The van der Waals surface area contributed by atoms with Crippen molar-refractivity contribution in [1.29, 1.82) is 0 Å². The summed E-state index contributed by atoms with van der Waals surface area (Å²) in [6.45, 7) is 7.76. The molecule has 0 aliphatic carbocycles. The van der Waals surface area contributed by atoms with E-state index in [1.165, 1.54) is 42.5 Å². The van der Waals surface area contributed by atoms with Crippen molar-refractivity contribution in [2.45, 2.75) is 58.9 Å². The molecule has 0 saturated heterocycles. The van der Waals surface area contributed by atoms with Gasteiger partial charge in [-0.1, -0.05) is 39.5 Å². The van der Waals surface area contributed by atoms with Gasteiger partial charge in [-0.3, -0.25) is 0 Å². The van der Waals surface area contributed by atoms with E-state index in [9.17, 15) is 0 Å². The third-order valence-corrected chi connectivity index (χ3v) is 3.93. The molecular weight excluding hydrogens is 214 g/mol. The van der Waals surface area contributed by atoms with Crippen LogP contribution in [-0.2, 0) is 0 Å². The molecule has 0 saturated carbocycles. The molecule has 0 aliphatic heterocycles. The van der Waals surface area contributed by atoms with Crippen LogP contribution in [0.15, 0.2) is 11.4 Å². The predicted octanol–water partition coefficient (Wildman–Crippen LogP) is 4.68. The third kappa shape index (κ3) is 4.26. The second-order valence-corrected chi connectivity index (χ2v) is 5.51. The summed E-state index contributed by atoms with van der Waals surface area (Å²) in [6, 6.07) is 2.86. The molecule has 0 bridgehead atoms. The average molecular weight is 239 g/mol. The van der Waals surface area contributed by atoms with Crippen molar-refractivity contribution in [2.75, 3.05) is 6.54 Å². The van der Waals surface area contributed by atoms with Crippen molar-refractivity contribution in [3.05, 3.63) is 21.9 Å². The van der Waals surface area contributed by atoms with Crippen LogP contribution in [0, 0.1) is 6.92 Å². The van der Waals surface area contributed by atoms with E-state index in [4.69, 9.17) is 0 Å². The van der Waals surface area contributed by atoms with Crippen LogP contribution in [0.5, 0.6) is 0 Å². The molecule has 0 spiro atoms. The predicted molar refractivity (Wildman–Crippen MR) is 74.2 cm³/mol. The third-order valence-electron chi connectivity index (χ3n) is 3.07. The second kappa shape index (κ2) is 7.86. The first-order chi connectivity index (χ1) is 7.79. The molecule has 0 aliphatic rings. The Bertz CT molecular complexity index is 280. The monoisotopic (exact) mass is 239 g/mol. The number of hydrogen-bond acceptors (Lipinski definition) is 2. The number of rotatable bonds is 8. The van der Waals surface area contributed by atoms with Gasteiger partial charge in [0.25, 0.3) is 0 Å². The van der Waals surface area contributed by atoms with E-state index in [-0.39, 0.29) is 0 Å². The summed E-state index contributed by atoms with van der Waals surface area (Å²) in [5.74, 6) is 0. The molecule has 1 atom stereocenters. The second-order valence-electron chi connectivity index (χ2n) is 4.39. The van der Waals surface area contributed by atoms with Crippen molar-refractivity contribution in [1.82, 2.24) is 5.32 Å². The Kier molecular flexibility index (Phi) is 6.74. The molecular formula is C14H25NS. The highest BCUT2D eigenvalue weighted by Gasteiger charge is 2.12. The fourth-order valence-corrected chi connectivity index (χ4v) is 2.91. The Morgan fingerprint density at radius 2 is 2.06 bits per heavy atom. The molecule has 92 valence electrons. The summed E-state index contributed by atoms with van der Waals surface area (Å²) in [4.78, 5) is 1.47. The number of aryl methyl sites for hydroxylation is 1. The van der Waals surface area contributed by atoms with Gasteiger partial charge < -0.3 is 5.32 Å². The van der Waals surface area contributed by atoms with Gasteiger partial charge in [-0.05, 0) is 36.9 Å². The van der Waals surface area contributed by atoms with Gasteiger partial charge in [-0.2, -0.15) is 0 Å². The van der Waals surface area contributed by atoms with Gasteiger partial charge >= 0.3 is 0 Å². The van der Waals surface area contributed by atoms with Gasteiger partial charge in [0, 0.05) is 10.9 Å². The molecule has 1 aromatic heterocycles. The molecule has 0 amide bonds. The maximum atomic E-state index is 3.61. The number of nitrogens with one attached hydrogen (secondary N) is 1. The van der Waals surface area contributed by atoms with Gasteiger partial charge in [0.2, 0.25) is 0 Å². The standard InChI is InChI=1S/C14H25NS/c1-4-6-7-8-9-14(15-5-2)13-10-11-16-12(13)3/h10-11,14-15H,4-9H2,1-3H3. The minimum absolute atomic E-state index is 0.577. The van der Waals surface area contributed by atoms with Gasteiger partial charge in [0.1, 0.15) is 0 Å². The summed E-state index contributed by atoms with van der Waals surface area (Å²) < 4.78 is 0. The number of unbranched alkanes of at least 4 members (excludes halogenated alkanes) is 3. The maximum absolute atomic E-state index is 3.61. The normalized spacial score (nSPS) is 12.9. The van der Waals surface area contributed by atoms with E-state index < -0.39 is 0 Å². The molecule has 2 heteroatoms. The molecule has 1 aromatic rings. The van der Waals surface area contributed by atoms with Gasteiger partial charge in [-0.25, -0.2) is 0 Å². The number of hydrogen-bond donors (Lipinski definition) is 1. The van der Waals surface area contributed by atoms with Gasteiger partial charge in [0.15, 0.2) is 0 Å². The van der Waals surface area contributed by atoms with Gasteiger partial charge in [-0.15, -0.1) is 11.3 Å². The maximum Gasteiger partial charge on any atom is 0.0331 e. The Balaban J connectivity index is 2.45. The Morgan fingerprint density at radius 1 is 1.25 bits per heavy atom. The minimum Gasteiger partial charge on any atom is -0.310 e. The van der Waals surface area contributed by atoms with Crippen molar-refractivity contribution < 1.29 is 0 Å². The Hall–Kier alpha value is -0.340. The SMILES string of the molecule is CCCCCCC(NCC)c1ccsc1C. The minimum atomic E-state index is 0.577. The molecule has 1 nitrogen and oxygen atoms in total. The molecule has 0 aromatic carbocycles. The van der Waals surface area contributed by atoms with Crippen LogP contribution >= 0.6 is 11.3 Å². The van der Waals surface area contributed by atoms with Crippen LogP contribution in [0.1, 0.15) is 62.4 Å². The largest absolute Gasteiger partial charge is 0.310 e. The quantitative estimate of drug-likeness (QED) is 0.650. The first kappa shape index (κ1) is 13.7. The Labute approximate surface area is 104 Å².